The van der Waals surface area contributed by atoms with Gasteiger partial charge in [-0.1, -0.05) is 30.3 Å². The maximum Gasteiger partial charge on any atom is 0.337 e. The number of esters is 1. The largest absolute Gasteiger partial charge is 0.465 e. The standard InChI is InChI=1S/C19H18N2O3/c1-23-19(22)16-12-10-15(11-13-16)18-21-20-17(24-18)9-5-8-14-6-3-2-4-7-14/h2-4,6-7,10-13H,5,8-9H2,1H3. The summed E-state index contributed by atoms with van der Waals surface area (Å²) in [6.45, 7) is 0. The highest BCUT2D eigenvalue weighted by molar-refractivity contribution is 5.89. The van der Waals surface area contributed by atoms with Crippen LogP contribution in [0, 0.1) is 0 Å². The maximum atomic E-state index is 11.4. The molecule has 0 bridgehead atoms. The number of hydrogen-bond acceptors (Lipinski definition) is 5. The normalized spacial score (nSPS) is 10.5. The molecule has 0 saturated carbocycles. The molecule has 122 valence electrons. The molecule has 24 heavy (non-hydrogen) atoms. The first-order valence-corrected chi connectivity index (χ1v) is 7.81. The average Bonchev–Trinajstić information content (AvgIpc) is 3.11. The Balaban J connectivity index is 1.60. The Hall–Kier alpha value is -2.95. The van der Waals surface area contributed by atoms with Gasteiger partial charge in [0, 0.05) is 12.0 Å². The number of nitrogens with zero attached hydrogens (tertiary/aromatic N) is 2. The average molecular weight is 322 g/mol. The van der Waals surface area contributed by atoms with Crippen LogP contribution >= 0.6 is 0 Å². The topological polar surface area (TPSA) is 65.2 Å². The molecule has 0 spiro atoms. The summed E-state index contributed by atoms with van der Waals surface area (Å²) in [6.07, 6.45) is 2.67. The molecule has 0 atom stereocenters. The van der Waals surface area contributed by atoms with Gasteiger partial charge in [0.2, 0.25) is 11.8 Å². The summed E-state index contributed by atoms with van der Waals surface area (Å²) in [5.41, 5.74) is 2.57. The van der Waals surface area contributed by atoms with E-state index in [2.05, 4.69) is 27.1 Å². The van der Waals surface area contributed by atoms with Crippen LogP contribution in [0.1, 0.15) is 28.2 Å². The number of aromatic nitrogens is 2. The second-order valence-electron chi connectivity index (χ2n) is 5.41. The molecule has 0 N–H and O–H groups in total. The summed E-state index contributed by atoms with van der Waals surface area (Å²) in [4.78, 5) is 11.4. The molecule has 0 saturated heterocycles. The number of aryl methyl sites for hydroxylation is 2. The number of ether oxygens (including phenoxy) is 1. The first-order valence-electron chi connectivity index (χ1n) is 7.81. The Kier molecular flexibility index (Phi) is 5.01. The van der Waals surface area contributed by atoms with Gasteiger partial charge >= 0.3 is 5.97 Å². The van der Waals surface area contributed by atoms with E-state index in [9.17, 15) is 4.79 Å². The number of rotatable bonds is 6. The minimum absolute atomic E-state index is 0.367. The predicted octanol–water partition coefficient (Wildman–Crippen LogP) is 3.70. The summed E-state index contributed by atoms with van der Waals surface area (Å²) in [6, 6.07) is 17.2. The minimum Gasteiger partial charge on any atom is -0.465 e. The predicted molar refractivity (Wildman–Crippen MR) is 89.5 cm³/mol. The van der Waals surface area contributed by atoms with Gasteiger partial charge in [0.15, 0.2) is 0 Å². The summed E-state index contributed by atoms with van der Waals surface area (Å²) in [7, 11) is 1.36. The van der Waals surface area contributed by atoms with Gasteiger partial charge < -0.3 is 9.15 Å². The van der Waals surface area contributed by atoms with Gasteiger partial charge in [-0.15, -0.1) is 10.2 Å². The molecule has 0 aliphatic carbocycles. The Morgan fingerprint density at radius 1 is 1.00 bits per heavy atom. The fourth-order valence-electron chi connectivity index (χ4n) is 2.43. The van der Waals surface area contributed by atoms with E-state index in [0.29, 0.717) is 17.3 Å². The summed E-state index contributed by atoms with van der Waals surface area (Å²) in [5, 5.41) is 8.16. The Labute approximate surface area is 140 Å². The van der Waals surface area contributed by atoms with Crippen molar-refractivity contribution < 1.29 is 13.9 Å². The first-order chi connectivity index (χ1) is 11.8. The van der Waals surface area contributed by atoms with Crippen molar-refractivity contribution in [2.24, 2.45) is 0 Å². The Bertz CT molecular complexity index is 795. The van der Waals surface area contributed by atoms with E-state index in [4.69, 9.17) is 4.42 Å². The van der Waals surface area contributed by atoms with E-state index in [1.165, 1.54) is 12.7 Å². The van der Waals surface area contributed by atoms with Crippen LogP contribution in [-0.4, -0.2) is 23.3 Å². The van der Waals surface area contributed by atoms with E-state index in [1.807, 2.05) is 18.2 Å². The number of benzene rings is 2. The van der Waals surface area contributed by atoms with Crippen molar-refractivity contribution in [3.05, 3.63) is 71.6 Å². The van der Waals surface area contributed by atoms with Gasteiger partial charge in [-0.3, -0.25) is 0 Å². The fraction of sp³-hybridized carbons (Fsp3) is 0.211. The zero-order valence-corrected chi connectivity index (χ0v) is 13.4. The van der Waals surface area contributed by atoms with Crippen LogP contribution < -0.4 is 0 Å². The molecule has 0 unspecified atom stereocenters. The fourth-order valence-corrected chi connectivity index (χ4v) is 2.43. The van der Waals surface area contributed by atoms with Crippen LogP contribution in [-0.2, 0) is 17.6 Å². The second-order valence-corrected chi connectivity index (χ2v) is 5.41. The Morgan fingerprint density at radius 2 is 1.75 bits per heavy atom. The van der Waals surface area contributed by atoms with Crippen molar-refractivity contribution in [2.75, 3.05) is 7.11 Å². The SMILES string of the molecule is COC(=O)c1ccc(-c2nnc(CCCc3ccccc3)o2)cc1. The molecule has 5 heteroatoms. The number of carbonyl (C=O) groups is 1. The first kappa shape index (κ1) is 15.9. The summed E-state index contributed by atoms with van der Waals surface area (Å²) < 4.78 is 10.4. The monoisotopic (exact) mass is 322 g/mol. The van der Waals surface area contributed by atoms with Crippen LogP contribution in [0.25, 0.3) is 11.5 Å². The van der Waals surface area contributed by atoms with E-state index in [0.717, 1.165) is 24.8 Å². The number of methoxy groups -OCH3 is 1. The van der Waals surface area contributed by atoms with E-state index in [-0.39, 0.29) is 5.97 Å². The van der Waals surface area contributed by atoms with Gasteiger partial charge in [0.1, 0.15) is 0 Å². The molecule has 0 aliphatic heterocycles. The second kappa shape index (κ2) is 7.55. The van der Waals surface area contributed by atoms with Crippen molar-refractivity contribution >= 4 is 5.97 Å². The van der Waals surface area contributed by atoms with Crippen molar-refractivity contribution in [2.45, 2.75) is 19.3 Å². The molecule has 5 nitrogen and oxygen atoms in total. The number of hydrogen-bond donors (Lipinski definition) is 0. The van der Waals surface area contributed by atoms with Crippen molar-refractivity contribution in [1.82, 2.24) is 10.2 Å². The zero-order valence-electron chi connectivity index (χ0n) is 13.4. The molecule has 0 aliphatic rings. The van der Waals surface area contributed by atoms with Gasteiger partial charge in [-0.05, 0) is 42.7 Å². The minimum atomic E-state index is -0.367. The highest BCUT2D eigenvalue weighted by Crippen LogP contribution is 2.19. The van der Waals surface area contributed by atoms with Gasteiger partial charge in [0.25, 0.3) is 0 Å². The third kappa shape index (κ3) is 3.87. The molecule has 2 aromatic carbocycles. The summed E-state index contributed by atoms with van der Waals surface area (Å²) >= 11 is 0. The smallest absolute Gasteiger partial charge is 0.337 e. The van der Waals surface area contributed by atoms with Crippen LogP contribution in [0.3, 0.4) is 0 Å². The third-order valence-electron chi connectivity index (χ3n) is 3.72. The lowest BCUT2D eigenvalue weighted by Gasteiger charge is -2.00. The molecule has 0 amide bonds. The lowest BCUT2D eigenvalue weighted by atomic mass is 10.1. The van der Waals surface area contributed by atoms with Crippen LogP contribution in [0.5, 0.6) is 0 Å². The van der Waals surface area contributed by atoms with Crippen molar-refractivity contribution in [3.63, 3.8) is 0 Å². The van der Waals surface area contributed by atoms with E-state index < -0.39 is 0 Å². The highest BCUT2D eigenvalue weighted by atomic mass is 16.5. The summed E-state index contributed by atoms with van der Waals surface area (Å²) in [5.74, 6) is 0.716. The molecule has 0 radical (unpaired) electrons. The van der Waals surface area contributed by atoms with Crippen LogP contribution in [0.4, 0.5) is 0 Å². The van der Waals surface area contributed by atoms with Gasteiger partial charge in [-0.2, -0.15) is 0 Å². The lowest BCUT2D eigenvalue weighted by Crippen LogP contribution is -2.00. The van der Waals surface area contributed by atoms with Crippen LogP contribution in [0.15, 0.2) is 59.0 Å². The zero-order chi connectivity index (χ0) is 16.8. The molecule has 0 fully saturated rings. The molecular weight excluding hydrogens is 304 g/mol. The van der Waals surface area contributed by atoms with Crippen LogP contribution in [0.2, 0.25) is 0 Å². The maximum absolute atomic E-state index is 11.4. The van der Waals surface area contributed by atoms with Gasteiger partial charge in [0.05, 0.1) is 12.7 Å². The molecule has 3 rings (SSSR count). The van der Waals surface area contributed by atoms with Crippen molar-refractivity contribution in [3.8, 4) is 11.5 Å². The van der Waals surface area contributed by atoms with E-state index in [1.54, 1.807) is 24.3 Å². The Morgan fingerprint density at radius 3 is 2.46 bits per heavy atom. The molecule has 1 heterocycles. The lowest BCUT2D eigenvalue weighted by molar-refractivity contribution is 0.0600. The third-order valence-corrected chi connectivity index (χ3v) is 3.72. The molecule has 3 aromatic rings. The quantitative estimate of drug-likeness (QED) is 0.647. The van der Waals surface area contributed by atoms with Crippen molar-refractivity contribution in [1.29, 1.82) is 0 Å². The number of carbonyl (C=O) groups excluding carboxylic acids is 1. The van der Waals surface area contributed by atoms with E-state index >= 15 is 0 Å². The molecular formula is C19H18N2O3. The highest BCUT2D eigenvalue weighted by Gasteiger charge is 2.10. The molecule has 1 aromatic heterocycles. The van der Waals surface area contributed by atoms with Gasteiger partial charge in [-0.25, -0.2) is 4.79 Å².